The maximum atomic E-state index is 13.4. The van der Waals surface area contributed by atoms with Crippen molar-refractivity contribution >= 4 is 11.6 Å². The average molecular weight is 272 g/mol. The van der Waals surface area contributed by atoms with Crippen LogP contribution >= 0.6 is 11.6 Å². The van der Waals surface area contributed by atoms with Gasteiger partial charge in [-0.3, -0.25) is 0 Å². The Hall–Kier alpha value is -0.600. The minimum absolute atomic E-state index is 0.0581. The van der Waals surface area contributed by atoms with Crippen molar-refractivity contribution in [2.45, 2.75) is 52.5 Å². The van der Waals surface area contributed by atoms with E-state index in [9.17, 15) is 4.39 Å². The summed E-state index contributed by atoms with van der Waals surface area (Å²) in [5.74, 6) is -0.236. The summed E-state index contributed by atoms with van der Waals surface area (Å²) in [6.07, 6.45) is 0.968. The van der Waals surface area contributed by atoms with Crippen molar-refractivity contribution in [3.8, 4) is 0 Å². The summed E-state index contributed by atoms with van der Waals surface area (Å²) >= 11 is 6.17. The zero-order valence-corrected chi connectivity index (χ0v) is 12.7. The number of hydrogen-bond donors (Lipinski definition) is 1. The summed E-state index contributed by atoms with van der Waals surface area (Å²) in [4.78, 5) is 0. The molecule has 3 heteroatoms. The van der Waals surface area contributed by atoms with Crippen molar-refractivity contribution < 1.29 is 4.39 Å². The molecule has 1 rings (SSSR count). The van der Waals surface area contributed by atoms with Crippen LogP contribution in [0.4, 0.5) is 4.39 Å². The SMILES string of the molecule is Cc1cc(C(C)(C)CCNC(C)C)c(Cl)cc1F. The largest absolute Gasteiger partial charge is 0.315 e. The second-order valence-corrected chi connectivity index (χ2v) is 6.23. The van der Waals surface area contributed by atoms with Crippen LogP contribution in [-0.4, -0.2) is 12.6 Å². The Kier molecular flexibility index (Phi) is 5.18. The second-order valence-electron chi connectivity index (χ2n) is 5.82. The smallest absolute Gasteiger partial charge is 0.127 e. The quantitative estimate of drug-likeness (QED) is 0.834. The van der Waals surface area contributed by atoms with Crippen LogP contribution in [0.1, 0.15) is 45.2 Å². The molecule has 0 unspecified atom stereocenters. The zero-order chi connectivity index (χ0) is 13.9. The molecule has 0 aromatic heterocycles. The standard InChI is InChI=1S/C15H23ClFN/c1-10(2)18-7-6-15(4,5)12-8-11(3)14(17)9-13(12)16/h8-10,18H,6-7H2,1-5H3. The summed E-state index contributed by atoms with van der Waals surface area (Å²) in [5.41, 5.74) is 1.62. The third-order valence-electron chi connectivity index (χ3n) is 3.28. The van der Waals surface area contributed by atoms with E-state index in [0.717, 1.165) is 18.5 Å². The first kappa shape index (κ1) is 15.5. The lowest BCUT2D eigenvalue weighted by molar-refractivity contribution is 0.440. The third kappa shape index (κ3) is 3.96. The van der Waals surface area contributed by atoms with Gasteiger partial charge < -0.3 is 5.32 Å². The Balaban J connectivity index is 2.87. The van der Waals surface area contributed by atoms with E-state index in [4.69, 9.17) is 11.6 Å². The zero-order valence-electron chi connectivity index (χ0n) is 11.9. The van der Waals surface area contributed by atoms with Crippen LogP contribution in [-0.2, 0) is 5.41 Å². The Morgan fingerprint density at radius 3 is 2.50 bits per heavy atom. The summed E-state index contributed by atoms with van der Waals surface area (Å²) in [5, 5.41) is 3.92. The molecular weight excluding hydrogens is 249 g/mol. The van der Waals surface area contributed by atoms with Gasteiger partial charge in [0.05, 0.1) is 0 Å². The number of hydrogen-bond acceptors (Lipinski definition) is 1. The number of nitrogens with one attached hydrogen (secondary N) is 1. The van der Waals surface area contributed by atoms with Gasteiger partial charge in [-0.05, 0) is 42.5 Å². The minimum atomic E-state index is -0.236. The minimum Gasteiger partial charge on any atom is -0.315 e. The lowest BCUT2D eigenvalue weighted by Gasteiger charge is -2.27. The molecule has 1 nitrogen and oxygen atoms in total. The predicted octanol–water partition coefficient (Wildman–Crippen LogP) is 4.45. The third-order valence-corrected chi connectivity index (χ3v) is 3.59. The second kappa shape index (κ2) is 6.03. The van der Waals surface area contributed by atoms with Crippen molar-refractivity contribution in [3.63, 3.8) is 0 Å². The molecule has 0 atom stereocenters. The summed E-state index contributed by atoms with van der Waals surface area (Å²) in [6.45, 7) is 11.3. The van der Waals surface area contributed by atoms with E-state index in [0.29, 0.717) is 16.6 Å². The van der Waals surface area contributed by atoms with Crippen LogP contribution in [0, 0.1) is 12.7 Å². The molecule has 0 aliphatic carbocycles. The molecule has 102 valence electrons. The molecule has 1 aromatic rings. The Morgan fingerprint density at radius 1 is 1.33 bits per heavy atom. The van der Waals surface area contributed by atoms with Gasteiger partial charge >= 0.3 is 0 Å². The van der Waals surface area contributed by atoms with Crippen LogP contribution < -0.4 is 5.32 Å². The highest BCUT2D eigenvalue weighted by Crippen LogP contribution is 2.34. The monoisotopic (exact) mass is 271 g/mol. The number of benzene rings is 1. The van der Waals surface area contributed by atoms with E-state index in [1.54, 1.807) is 6.92 Å². The topological polar surface area (TPSA) is 12.0 Å². The molecule has 0 radical (unpaired) electrons. The first-order valence-corrected chi connectivity index (χ1v) is 6.81. The van der Waals surface area contributed by atoms with Gasteiger partial charge in [-0.25, -0.2) is 4.39 Å². The first-order chi connectivity index (χ1) is 8.24. The van der Waals surface area contributed by atoms with E-state index in [-0.39, 0.29) is 11.2 Å². The summed E-state index contributed by atoms with van der Waals surface area (Å²) in [7, 11) is 0. The van der Waals surface area contributed by atoms with Gasteiger partial charge in [-0.2, -0.15) is 0 Å². The molecule has 0 aliphatic heterocycles. The molecular formula is C15H23ClFN. The van der Waals surface area contributed by atoms with Crippen molar-refractivity contribution in [2.75, 3.05) is 6.54 Å². The van der Waals surface area contributed by atoms with Crippen LogP contribution in [0.2, 0.25) is 5.02 Å². The van der Waals surface area contributed by atoms with E-state index in [1.807, 2.05) is 6.07 Å². The maximum absolute atomic E-state index is 13.4. The van der Waals surface area contributed by atoms with Gasteiger partial charge in [-0.15, -0.1) is 0 Å². The molecule has 0 spiro atoms. The van der Waals surface area contributed by atoms with Crippen molar-refractivity contribution in [2.24, 2.45) is 0 Å². The molecule has 1 N–H and O–H groups in total. The molecule has 1 aromatic carbocycles. The molecule has 0 aliphatic rings. The maximum Gasteiger partial charge on any atom is 0.127 e. The van der Waals surface area contributed by atoms with Crippen LogP contribution in [0.3, 0.4) is 0 Å². The van der Waals surface area contributed by atoms with Gasteiger partial charge in [0.25, 0.3) is 0 Å². The van der Waals surface area contributed by atoms with Gasteiger partial charge in [0.2, 0.25) is 0 Å². The van der Waals surface area contributed by atoms with Gasteiger partial charge in [0, 0.05) is 11.1 Å². The molecule has 0 amide bonds. The normalized spacial score (nSPS) is 12.2. The van der Waals surface area contributed by atoms with Crippen molar-refractivity contribution in [3.05, 3.63) is 34.1 Å². The highest BCUT2D eigenvalue weighted by Gasteiger charge is 2.24. The van der Waals surface area contributed by atoms with Gasteiger partial charge in [0.15, 0.2) is 0 Å². The van der Waals surface area contributed by atoms with Crippen LogP contribution in [0.25, 0.3) is 0 Å². The Labute approximate surface area is 115 Å². The number of aryl methyl sites for hydroxylation is 1. The molecule has 18 heavy (non-hydrogen) atoms. The van der Waals surface area contributed by atoms with Crippen LogP contribution in [0.15, 0.2) is 12.1 Å². The highest BCUT2D eigenvalue weighted by molar-refractivity contribution is 6.31. The number of halogens is 2. The lowest BCUT2D eigenvalue weighted by Crippen LogP contribution is -2.29. The van der Waals surface area contributed by atoms with Crippen molar-refractivity contribution in [1.29, 1.82) is 0 Å². The predicted molar refractivity (Wildman–Crippen MR) is 76.9 cm³/mol. The molecule has 0 bridgehead atoms. The average Bonchev–Trinajstić information content (AvgIpc) is 2.22. The fraction of sp³-hybridized carbons (Fsp3) is 0.600. The summed E-state index contributed by atoms with van der Waals surface area (Å²) < 4.78 is 13.4. The fourth-order valence-corrected chi connectivity index (χ4v) is 2.39. The molecule has 0 saturated carbocycles. The van der Waals surface area contributed by atoms with Crippen molar-refractivity contribution in [1.82, 2.24) is 5.32 Å². The molecule has 0 heterocycles. The Bertz CT molecular complexity index is 413. The van der Waals surface area contributed by atoms with E-state index >= 15 is 0 Å². The van der Waals surface area contributed by atoms with Crippen LogP contribution in [0.5, 0.6) is 0 Å². The molecule has 0 fully saturated rings. The van der Waals surface area contributed by atoms with E-state index in [1.165, 1.54) is 6.07 Å². The Morgan fingerprint density at radius 2 is 1.94 bits per heavy atom. The first-order valence-electron chi connectivity index (χ1n) is 6.43. The fourth-order valence-electron chi connectivity index (χ4n) is 1.98. The highest BCUT2D eigenvalue weighted by atomic mass is 35.5. The van der Waals surface area contributed by atoms with E-state index in [2.05, 4.69) is 33.0 Å². The number of rotatable bonds is 5. The lowest BCUT2D eigenvalue weighted by atomic mass is 9.81. The van der Waals surface area contributed by atoms with E-state index < -0.39 is 0 Å². The van der Waals surface area contributed by atoms with Gasteiger partial charge in [0.1, 0.15) is 5.82 Å². The van der Waals surface area contributed by atoms with Gasteiger partial charge in [-0.1, -0.05) is 45.4 Å². The molecule has 0 saturated heterocycles. The summed E-state index contributed by atoms with van der Waals surface area (Å²) in [6, 6.07) is 3.77.